The van der Waals surface area contributed by atoms with Crippen LogP contribution < -0.4 is 15.2 Å². The zero-order valence-electron chi connectivity index (χ0n) is 49.3. The lowest BCUT2D eigenvalue weighted by molar-refractivity contribution is -0.353. The summed E-state index contributed by atoms with van der Waals surface area (Å²) >= 11 is 0. The fraction of sp³-hybridized carbons (Fsp3) is 0.391. The summed E-state index contributed by atoms with van der Waals surface area (Å²) in [4.78, 5) is 95.2. The molecule has 1 radical (unpaired) electrons. The Morgan fingerprint density at radius 3 is 1.30 bits per heavy atom. The van der Waals surface area contributed by atoms with Crippen molar-refractivity contribution in [1.82, 2.24) is 29.4 Å². The molecule has 6 aromatic carbocycles. The first-order valence-corrected chi connectivity index (χ1v) is 30.8. The quantitative estimate of drug-likeness (QED) is 0.127. The van der Waals surface area contributed by atoms with Crippen molar-refractivity contribution < 1.29 is 62.7 Å². The molecule has 6 amide bonds. The third-order valence-corrected chi connectivity index (χ3v) is 18.8. The standard InChI is InChI=1S/C69H70N7O13/c70-68(65(82)76-37-31-73(32-38-76)60(78)49-19-13-46(14-20-49)52-6-4-8-56(40-52)89-54-25-26-54)44-87-69(68,58-10-2-1-9-57(58)47-15-21-50(22-16-47)61(79)71-27-33-74(34-28-71)63(80)66(83)41-85-42-66)62-67(84,43-86-62)64(81)75-35-29-72(30-36-75)59(77)48-17-11-45(12-18-48)51-5-3-7-55(39-51)88-53-23-24-53/h2-22,39-40,53-54,62,83-84H,23-38,41-44,70H2. The highest BCUT2D eigenvalue weighted by molar-refractivity contribution is 5.98. The van der Waals surface area contributed by atoms with E-state index in [1.54, 1.807) is 91.2 Å². The molecule has 4 N–H and O–H groups in total. The minimum Gasteiger partial charge on any atom is -0.490 e. The molecule has 8 fully saturated rings. The lowest BCUT2D eigenvalue weighted by Gasteiger charge is -2.65. The molecule has 6 saturated heterocycles. The van der Waals surface area contributed by atoms with Gasteiger partial charge in [0.2, 0.25) is 5.91 Å². The van der Waals surface area contributed by atoms with Gasteiger partial charge < -0.3 is 69.0 Å². The summed E-state index contributed by atoms with van der Waals surface area (Å²) in [5, 5.41) is 23.5. The molecule has 0 spiro atoms. The van der Waals surface area contributed by atoms with Gasteiger partial charge in [0.1, 0.15) is 17.6 Å². The predicted octanol–water partition coefficient (Wildman–Crippen LogP) is 4.64. The van der Waals surface area contributed by atoms with Gasteiger partial charge in [-0.1, -0.05) is 72.8 Å². The highest BCUT2D eigenvalue weighted by Gasteiger charge is 2.77. The van der Waals surface area contributed by atoms with Crippen molar-refractivity contribution in [3.63, 3.8) is 0 Å². The summed E-state index contributed by atoms with van der Waals surface area (Å²) in [6.07, 6.45) is 3.24. The summed E-state index contributed by atoms with van der Waals surface area (Å²) in [5.74, 6) is -0.600. The van der Waals surface area contributed by atoms with Gasteiger partial charge in [-0.15, -0.1) is 0 Å². The van der Waals surface area contributed by atoms with Gasteiger partial charge in [-0.25, -0.2) is 0 Å². The Balaban J connectivity index is 0.692. The van der Waals surface area contributed by atoms with Crippen LogP contribution in [0.5, 0.6) is 11.5 Å². The highest BCUT2D eigenvalue weighted by Crippen LogP contribution is 2.57. The molecule has 2 aliphatic carbocycles. The van der Waals surface area contributed by atoms with Crippen LogP contribution in [-0.2, 0) is 34.2 Å². The molecule has 89 heavy (non-hydrogen) atoms. The largest absolute Gasteiger partial charge is 0.490 e. The number of benzene rings is 6. The number of nitrogens with two attached hydrogens (primary N) is 1. The van der Waals surface area contributed by atoms with E-state index < -0.39 is 52.8 Å². The number of carbonyl (C=O) groups is 6. The minimum absolute atomic E-state index is 0.0559. The number of aliphatic hydroxyl groups is 2. The van der Waals surface area contributed by atoms with E-state index >= 15 is 9.59 Å². The van der Waals surface area contributed by atoms with Crippen LogP contribution in [0.3, 0.4) is 0 Å². The predicted molar refractivity (Wildman–Crippen MR) is 324 cm³/mol. The van der Waals surface area contributed by atoms with E-state index in [-0.39, 0.29) is 128 Å². The molecule has 6 aliphatic heterocycles. The molecular formula is C69H70N7O13. The van der Waals surface area contributed by atoms with Crippen LogP contribution in [0, 0.1) is 6.07 Å². The van der Waals surface area contributed by atoms with E-state index in [4.69, 9.17) is 29.4 Å². The summed E-state index contributed by atoms with van der Waals surface area (Å²) in [7, 11) is 0. The Kier molecular flexibility index (Phi) is 15.1. The topological polar surface area (TPSA) is 234 Å². The summed E-state index contributed by atoms with van der Waals surface area (Å²) in [6, 6.07) is 45.7. The van der Waals surface area contributed by atoms with Crippen molar-refractivity contribution in [3.8, 4) is 44.9 Å². The summed E-state index contributed by atoms with van der Waals surface area (Å²) < 4.78 is 30.1. The number of piperazine rings is 3. The second-order valence-corrected chi connectivity index (χ2v) is 24.8. The van der Waals surface area contributed by atoms with Crippen LogP contribution in [-0.4, -0.2) is 215 Å². The highest BCUT2D eigenvalue weighted by atomic mass is 16.6. The zero-order chi connectivity index (χ0) is 61.2. The maximum atomic E-state index is 15.5. The number of nitrogens with zero attached hydrogens (tertiary/aromatic N) is 6. The van der Waals surface area contributed by atoms with Crippen molar-refractivity contribution in [2.45, 2.75) is 66.3 Å². The van der Waals surface area contributed by atoms with E-state index in [0.29, 0.717) is 33.4 Å². The first kappa shape index (κ1) is 58.2. The average molecular weight is 1210 g/mol. The number of ether oxygens (including phenoxy) is 5. The van der Waals surface area contributed by atoms with Crippen LogP contribution >= 0.6 is 0 Å². The Morgan fingerprint density at radius 2 is 0.910 bits per heavy atom. The maximum absolute atomic E-state index is 15.5. The van der Waals surface area contributed by atoms with Gasteiger partial charge in [0.25, 0.3) is 29.5 Å². The first-order chi connectivity index (χ1) is 43.1. The van der Waals surface area contributed by atoms with Gasteiger partial charge in [-0.2, -0.15) is 0 Å². The third kappa shape index (κ3) is 10.8. The molecule has 0 bridgehead atoms. The Hall–Kier alpha value is -8.50. The number of hydrogen-bond acceptors (Lipinski definition) is 14. The molecule has 8 aliphatic rings. The second kappa shape index (κ2) is 23.1. The van der Waals surface area contributed by atoms with Crippen molar-refractivity contribution in [1.29, 1.82) is 0 Å². The van der Waals surface area contributed by atoms with E-state index in [2.05, 4.69) is 6.07 Å². The Labute approximate surface area is 515 Å². The van der Waals surface area contributed by atoms with E-state index in [1.807, 2.05) is 72.8 Å². The van der Waals surface area contributed by atoms with E-state index in [9.17, 15) is 29.4 Å². The minimum atomic E-state index is -2.26. The molecule has 20 nitrogen and oxygen atoms in total. The number of rotatable bonds is 15. The van der Waals surface area contributed by atoms with E-state index in [0.717, 1.165) is 59.4 Å². The zero-order valence-corrected chi connectivity index (χ0v) is 49.3. The van der Waals surface area contributed by atoms with Gasteiger partial charge >= 0.3 is 0 Å². The van der Waals surface area contributed by atoms with Crippen molar-refractivity contribution >= 4 is 35.4 Å². The molecule has 14 rings (SSSR count). The van der Waals surface area contributed by atoms with Crippen molar-refractivity contribution in [2.75, 3.05) is 105 Å². The molecule has 2 saturated carbocycles. The van der Waals surface area contributed by atoms with Crippen molar-refractivity contribution in [2.24, 2.45) is 5.73 Å². The molecule has 4 atom stereocenters. The number of carbonyl (C=O) groups excluding carboxylic acids is 6. The molecule has 459 valence electrons. The van der Waals surface area contributed by atoms with Gasteiger partial charge in [-0.3, -0.25) is 28.8 Å². The summed E-state index contributed by atoms with van der Waals surface area (Å²) in [5.41, 5.74) is 6.44. The fourth-order valence-corrected chi connectivity index (χ4v) is 13.1. The van der Waals surface area contributed by atoms with Gasteiger partial charge in [-0.05, 0) is 137 Å². The normalized spacial score (nSPS) is 24.8. The number of amides is 6. The average Bonchev–Trinajstić information content (AvgIpc) is 1.68. The molecule has 4 unspecified atom stereocenters. The van der Waals surface area contributed by atoms with Crippen LogP contribution in [0.2, 0.25) is 0 Å². The molecule has 6 aromatic rings. The Bertz CT molecular complexity index is 3720. The fourth-order valence-electron chi connectivity index (χ4n) is 13.1. The van der Waals surface area contributed by atoms with Crippen LogP contribution in [0.25, 0.3) is 33.4 Å². The van der Waals surface area contributed by atoms with Crippen molar-refractivity contribution in [3.05, 3.63) is 168 Å². The van der Waals surface area contributed by atoms with Gasteiger partial charge in [0.15, 0.2) is 22.3 Å². The van der Waals surface area contributed by atoms with Crippen LogP contribution in [0.15, 0.2) is 140 Å². The maximum Gasteiger partial charge on any atom is 0.259 e. The first-order valence-electron chi connectivity index (χ1n) is 30.8. The molecule has 6 heterocycles. The third-order valence-electron chi connectivity index (χ3n) is 18.8. The molecule has 0 aromatic heterocycles. The lowest BCUT2D eigenvalue weighted by atomic mass is 9.60. The Morgan fingerprint density at radius 1 is 0.483 bits per heavy atom. The van der Waals surface area contributed by atoms with Gasteiger partial charge in [0.05, 0.1) is 38.6 Å². The lowest BCUT2D eigenvalue weighted by Crippen LogP contribution is -2.88. The summed E-state index contributed by atoms with van der Waals surface area (Å²) in [6.45, 7) is 1.42. The van der Waals surface area contributed by atoms with Gasteiger partial charge in [0, 0.05) is 95.2 Å². The van der Waals surface area contributed by atoms with Crippen LogP contribution in [0.1, 0.15) is 62.3 Å². The molecule has 20 heteroatoms. The SMILES string of the molecule is NC1(C(=O)N2CCN(C(=O)c3ccc(-c4cccc(OC5CC5)c4)cc3)CC2)COC1(c1cc[c]cc1-c1ccc(C(=O)N2CCN(C(=O)C3(O)COC3)CC2)cc1)C1OCC1(O)C(=O)N1CCN(C(=O)c2ccc(-c3cccc(OC4CC4)c3)cc2)CC1. The van der Waals surface area contributed by atoms with Crippen LogP contribution in [0.4, 0.5) is 0 Å². The smallest absolute Gasteiger partial charge is 0.259 e. The molecular weight excluding hydrogens is 1130 g/mol. The van der Waals surface area contributed by atoms with E-state index in [1.165, 1.54) is 4.90 Å². The second-order valence-electron chi connectivity index (χ2n) is 24.8. The number of hydrogen-bond donors (Lipinski definition) is 3. The monoisotopic (exact) mass is 1200 g/mol.